The Kier molecular flexibility index (Phi) is 6.40. The van der Waals surface area contributed by atoms with Crippen molar-refractivity contribution in [3.63, 3.8) is 0 Å². The number of ketones is 1. The van der Waals surface area contributed by atoms with Gasteiger partial charge in [-0.1, -0.05) is 36.4 Å². The molecule has 178 valence electrons. The number of nitrogens with two attached hydrogens (primary N) is 1. The summed E-state index contributed by atoms with van der Waals surface area (Å²) in [5.74, 6) is 1.30. The number of carbonyl (C=O) groups is 1. The highest BCUT2D eigenvalue weighted by molar-refractivity contribution is 6.11. The van der Waals surface area contributed by atoms with Gasteiger partial charge in [0.15, 0.2) is 17.3 Å². The van der Waals surface area contributed by atoms with Crippen molar-refractivity contribution >= 4 is 5.78 Å². The van der Waals surface area contributed by atoms with E-state index in [0.717, 1.165) is 19.3 Å². The van der Waals surface area contributed by atoms with E-state index in [2.05, 4.69) is 44.9 Å². The molecule has 3 aromatic carbocycles. The molecule has 0 saturated carbocycles. The SMILES string of the molecule is NC1(c2nn[nH]n2)COc2cccc(C(=O)c3ccc(OCCCCc4ccccc4)cc3)c2O1. The summed E-state index contributed by atoms with van der Waals surface area (Å²) in [6.07, 6.45) is 3.03. The molecule has 9 heteroatoms. The molecular formula is C26H25N5O4. The fourth-order valence-electron chi connectivity index (χ4n) is 3.89. The minimum absolute atomic E-state index is 0.0193. The molecule has 3 N–H and O–H groups in total. The van der Waals surface area contributed by atoms with Crippen molar-refractivity contribution in [3.8, 4) is 17.2 Å². The molecule has 1 unspecified atom stereocenters. The van der Waals surface area contributed by atoms with Crippen molar-refractivity contribution in [2.24, 2.45) is 5.73 Å². The van der Waals surface area contributed by atoms with E-state index in [0.29, 0.717) is 29.2 Å². The van der Waals surface area contributed by atoms with Crippen molar-refractivity contribution in [3.05, 3.63) is 95.3 Å². The molecule has 1 aromatic heterocycles. The first-order valence-electron chi connectivity index (χ1n) is 11.4. The molecule has 4 aromatic rings. The van der Waals surface area contributed by atoms with Gasteiger partial charge in [0, 0.05) is 5.56 Å². The van der Waals surface area contributed by atoms with Crippen LogP contribution >= 0.6 is 0 Å². The third kappa shape index (κ3) is 4.99. The molecule has 1 aliphatic heterocycles. The third-order valence-corrected chi connectivity index (χ3v) is 5.76. The lowest BCUT2D eigenvalue weighted by Gasteiger charge is -2.33. The molecule has 1 atom stereocenters. The summed E-state index contributed by atoms with van der Waals surface area (Å²) in [4.78, 5) is 13.3. The summed E-state index contributed by atoms with van der Waals surface area (Å²) in [7, 11) is 0. The number of carbonyl (C=O) groups excluding carboxylic acids is 1. The van der Waals surface area contributed by atoms with Gasteiger partial charge >= 0.3 is 0 Å². The lowest BCUT2D eigenvalue weighted by Crippen LogP contribution is -2.51. The van der Waals surface area contributed by atoms with Gasteiger partial charge < -0.3 is 14.2 Å². The van der Waals surface area contributed by atoms with E-state index in [4.69, 9.17) is 19.9 Å². The summed E-state index contributed by atoms with van der Waals surface area (Å²) >= 11 is 0. The lowest BCUT2D eigenvalue weighted by molar-refractivity contribution is -0.0154. The average Bonchev–Trinajstić information content (AvgIpc) is 3.45. The first-order valence-corrected chi connectivity index (χ1v) is 11.4. The molecule has 0 aliphatic carbocycles. The maximum absolute atomic E-state index is 13.3. The molecule has 0 amide bonds. The molecule has 0 fully saturated rings. The van der Waals surface area contributed by atoms with Crippen molar-refractivity contribution in [1.29, 1.82) is 0 Å². The first kappa shape index (κ1) is 22.5. The standard InChI is InChI=1S/C26H25N5O4/c27-26(25-28-30-31-29-25)17-34-22-11-6-10-21(24(22)35-26)23(32)19-12-14-20(15-13-19)33-16-5-4-9-18-7-2-1-3-8-18/h1-3,6-8,10-15H,4-5,9,16-17,27H2,(H,28,29,30,31). The van der Waals surface area contributed by atoms with E-state index in [1.54, 1.807) is 42.5 Å². The third-order valence-electron chi connectivity index (χ3n) is 5.76. The number of aromatic amines is 1. The number of hydrogen-bond donors (Lipinski definition) is 2. The molecule has 5 rings (SSSR count). The molecular weight excluding hydrogens is 446 g/mol. The second-order valence-electron chi connectivity index (χ2n) is 8.29. The van der Waals surface area contributed by atoms with E-state index in [1.807, 2.05) is 6.07 Å². The van der Waals surface area contributed by atoms with E-state index < -0.39 is 5.72 Å². The van der Waals surface area contributed by atoms with Crippen LogP contribution in [0.4, 0.5) is 0 Å². The number of H-pyrrole nitrogens is 1. The van der Waals surface area contributed by atoms with Crippen LogP contribution in [0.3, 0.4) is 0 Å². The Balaban J connectivity index is 1.22. The number of aromatic nitrogens is 4. The number of para-hydroxylation sites is 1. The van der Waals surface area contributed by atoms with Gasteiger partial charge in [-0.2, -0.15) is 5.21 Å². The Morgan fingerprint density at radius 2 is 1.86 bits per heavy atom. The summed E-state index contributed by atoms with van der Waals surface area (Å²) in [6.45, 7) is 0.598. The Bertz CT molecular complexity index is 1280. The topological polar surface area (TPSA) is 125 Å². The molecule has 1 aliphatic rings. The van der Waals surface area contributed by atoms with Gasteiger partial charge in [0.2, 0.25) is 5.82 Å². The largest absolute Gasteiger partial charge is 0.494 e. The van der Waals surface area contributed by atoms with Crippen molar-refractivity contribution in [2.75, 3.05) is 13.2 Å². The predicted molar refractivity (Wildman–Crippen MR) is 127 cm³/mol. The average molecular weight is 472 g/mol. The molecule has 9 nitrogen and oxygen atoms in total. The minimum atomic E-state index is -1.46. The van der Waals surface area contributed by atoms with Gasteiger partial charge in [-0.3, -0.25) is 10.5 Å². The van der Waals surface area contributed by atoms with Gasteiger partial charge in [-0.15, -0.1) is 10.2 Å². The number of ether oxygens (including phenoxy) is 3. The van der Waals surface area contributed by atoms with Crippen molar-refractivity contribution in [2.45, 2.75) is 25.0 Å². The van der Waals surface area contributed by atoms with E-state index in [-0.39, 0.29) is 24.0 Å². The highest BCUT2D eigenvalue weighted by Gasteiger charge is 2.41. The molecule has 2 heterocycles. The fourth-order valence-corrected chi connectivity index (χ4v) is 3.89. The summed E-state index contributed by atoms with van der Waals surface area (Å²) in [6, 6.07) is 22.6. The van der Waals surface area contributed by atoms with Crippen LogP contribution in [-0.4, -0.2) is 39.6 Å². The van der Waals surface area contributed by atoms with Gasteiger partial charge in [0.1, 0.15) is 12.4 Å². The van der Waals surface area contributed by atoms with Gasteiger partial charge in [-0.25, -0.2) is 0 Å². The second-order valence-corrected chi connectivity index (χ2v) is 8.29. The quantitative estimate of drug-likeness (QED) is 0.281. The monoisotopic (exact) mass is 471 g/mol. The summed E-state index contributed by atoms with van der Waals surface area (Å²) < 4.78 is 17.6. The van der Waals surface area contributed by atoms with Gasteiger partial charge in [-0.05, 0) is 66.4 Å². The molecule has 0 saturated heterocycles. The van der Waals surface area contributed by atoms with Gasteiger partial charge in [0.25, 0.3) is 5.72 Å². The van der Waals surface area contributed by atoms with Crippen LogP contribution in [0.15, 0.2) is 72.8 Å². The number of rotatable bonds is 9. The predicted octanol–water partition coefficient (Wildman–Crippen LogP) is 3.42. The van der Waals surface area contributed by atoms with Gasteiger partial charge in [0.05, 0.1) is 12.2 Å². The summed E-state index contributed by atoms with van der Waals surface area (Å²) in [5, 5.41) is 13.7. The number of tetrazole rings is 1. The zero-order valence-electron chi connectivity index (χ0n) is 19.0. The highest BCUT2D eigenvalue weighted by atomic mass is 16.6. The maximum atomic E-state index is 13.3. The highest BCUT2D eigenvalue weighted by Crippen LogP contribution is 2.40. The van der Waals surface area contributed by atoms with E-state index in [1.165, 1.54) is 5.56 Å². The van der Waals surface area contributed by atoms with E-state index >= 15 is 0 Å². The first-order chi connectivity index (χ1) is 17.1. The van der Waals surface area contributed by atoms with Crippen LogP contribution in [-0.2, 0) is 12.1 Å². The number of nitrogens with one attached hydrogen (secondary N) is 1. The van der Waals surface area contributed by atoms with Crippen LogP contribution in [0.2, 0.25) is 0 Å². The van der Waals surface area contributed by atoms with Crippen LogP contribution in [0.5, 0.6) is 17.2 Å². The zero-order chi connectivity index (χ0) is 24.1. The van der Waals surface area contributed by atoms with Crippen LogP contribution in [0, 0.1) is 0 Å². The number of hydrogen-bond acceptors (Lipinski definition) is 8. The number of fused-ring (bicyclic) bond motifs is 1. The Hall–Kier alpha value is -4.24. The van der Waals surface area contributed by atoms with Crippen LogP contribution in [0.1, 0.15) is 40.2 Å². The van der Waals surface area contributed by atoms with Crippen molar-refractivity contribution < 1.29 is 19.0 Å². The minimum Gasteiger partial charge on any atom is -0.494 e. The number of aryl methyl sites for hydroxylation is 1. The normalized spacial score (nSPS) is 16.6. The van der Waals surface area contributed by atoms with E-state index in [9.17, 15) is 4.79 Å². The Labute approximate surface area is 202 Å². The number of unbranched alkanes of at least 4 members (excludes halogenated alkanes) is 1. The maximum Gasteiger partial charge on any atom is 0.257 e. The fraction of sp³-hybridized carbons (Fsp3) is 0.231. The molecule has 0 radical (unpaired) electrons. The number of benzene rings is 3. The molecule has 0 bridgehead atoms. The Morgan fingerprint density at radius 1 is 1.03 bits per heavy atom. The number of nitrogens with zero attached hydrogens (tertiary/aromatic N) is 3. The lowest BCUT2D eigenvalue weighted by atomic mass is 10.0. The smallest absolute Gasteiger partial charge is 0.257 e. The van der Waals surface area contributed by atoms with Crippen LogP contribution < -0.4 is 19.9 Å². The van der Waals surface area contributed by atoms with Crippen LogP contribution in [0.25, 0.3) is 0 Å². The molecule has 35 heavy (non-hydrogen) atoms. The molecule has 0 spiro atoms. The van der Waals surface area contributed by atoms with Crippen molar-refractivity contribution in [1.82, 2.24) is 20.6 Å². The zero-order valence-corrected chi connectivity index (χ0v) is 19.0. The second kappa shape index (κ2) is 9.94. The summed E-state index contributed by atoms with van der Waals surface area (Å²) in [5.41, 5.74) is 7.00. The Morgan fingerprint density at radius 3 is 2.63 bits per heavy atom.